The lowest BCUT2D eigenvalue weighted by molar-refractivity contribution is 0.286. The van der Waals surface area contributed by atoms with Gasteiger partial charge in [-0.1, -0.05) is 37.2 Å². The van der Waals surface area contributed by atoms with Gasteiger partial charge in [-0.3, -0.25) is 0 Å². The molecule has 4 nitrogen and oxygen atoms in total. The third-order valence-corrected chi connectivity index (χ3v) is 5.82. The van der Waals surface area contributed by atoms with E-state index in [1.807, 2.05) is 0 Å². The highest BCUT2D eigenvalue weighted by atomic mass is 32.2. The Morgan fingerprint density at radius 1 is 1.29 bits per heavy atom. The number of rotatable bonds is 3. The molecule has 0 radical (unpaired) electrons. The van der Waals surface area contributed by atoms with Crippen LogP contribution in [-0.4, -0.2) is 37.5 Å². The molecule has 1 fully saturated rings. The van der Waals surface area contributed by atoms with E-state index in [-0.39, 0.29) is 17.5 Å². The van der Waals surface area contributed by atoms with Crippen LogP contribution in [0.5, 0.6) is 0 Å². The van der Waals surface area contributed by atoms with Crippen LogP contribution in [-0.2, 0) is 10.0 Å². The molecule has 114 valence electrons. The number of hydrogen-bond donors (Lipinski definition) is 1. The summed E-state index contributed by atoms with van der Waals surface area (Å²) >= 11 is 0. The lowest BCUT2D eigenvalue weighted by Crippen LogP contribution is -2.38. The topological polar surface area (TPSA) is 57.6 Å². The number of hydrogen-bond acceptors (Lipinski definition) is 3. The monoisotopic (exact) mass is 307 g/mol. The Labute approximate surface area is 126 Å². The second kappa shape index (κ2) is 7.08. The first-order valence-electron chi connectivity index (χ1n) is 7.23. The fourth-order valence-corrected chi connectivity index (χ4v) is 4.15. The molecule has 0 amide bonds. The SMILES string of the molecule is CN(C1CCCCC1)S(=O)(=O)c1cccc(C#CCO)c1. The van der Waals surface area contributed by atoms with Gasteiger partial charge in [0.05, 0.1) is 4.90 Å². The van der Waals surface area contributed by atoms with Crippen molar-refractivity contribution in [3.05, 3.63) is 29.8 Å². The second-order valence-electron chi connectivity index (χ2n) is 5.30. The van der Waals surface area contributed by atoms with Gasteiger partial charge in [-0.15, -0.1) is 0 Å². The molecule has 1 saturated carbocycles. The van der Waals surface area contributed by atoms with Crippen molar-refractivity contribution in [2.75, 3.05) is 13.7 Å². The molecule has 1 aliphatic carbocycles. The van der Waals surface area contributed by atoms with Gasteiger partial charge in [0.15, 0.2) is 0 Å². The van der Waals surface area contributed by atoms with Crippen LogP contribution in [0.15, 0.2) is 29.2 Å². The third-order valence-electron chi connectivity index (χ3n) is 3.91. The van der Waals surface area contributed by atoms with Crippen LogP contribution in [0.1, 0.15) is 37.7 Å². The minimum atomic E-state index is -3.48. The zero-order valence-corrected chi connectivity index (χ0v) is 13.1. The fourth-order valence-electron chi connectivity index (χ4n) is 2.68. The third kappa shape index (κ3) is 3.85. The highest BCUT2D eigenvalue weighted by Crippen LogP contribution is 2.26. The Kier molecular flexibility index (Phi) is 5.40. The van der Waals surface area contributed by atoms with Crippen LogP contribution in [0.3, 0.4) is 0 Å². The molecule has 5 heteroatoms. The van der Waals surface area contributed by atoms with Crippen molar-refractivity contribution in [1.82, 2.24) is 4.31 Å². The Morgan fingerprint density at radius 3 is 2.67 bits per heavy atom. The lowest BCUT2D eigenvalue weighted by atomic mass is 9.96. The van der Waals surface area contributed by atoms with Crippen LogP contribution >= 0.6 is 0 Å². The number of benzene rings is 1. The molecule has 1 aromatic rings. The van der Waals surface area contributed by atoms with Gasteiger partial charge in [0.2, 0.25) is 10.0 Å². The average molecular weight is 307 g/mol. The molecule has 0 spiro atoms. The van der Waals surface area contributed by atoms with E-state index in [9.17, 15) is 8.42 Å². The Hall–Kier alpha value is -1.35. The fraction of sp³-hybridized carbons (Fsp3) is 0.500. The molecule has 2 rings (SSSR count). The first kappa shape index (κ1) is 16.0. The van der Waals surface area contributed by atoms with E-state index >= 15 is 0 Å². The summed E-state index contributed by atoms with van der Waals surface area (Å²) in [5.74, 6) is 5.28. The molecular formula is C16H21NO3S. The molecule has 0 aliphatic heterocycles. The summed E-state index contributed by atoms with van der Waals surface area (Å²) in [5, 5.41) is 8.72. The zero-order valence-electron chi connectivity index (χ0n) is 12.2. The van der Waals surface area contributed by atoms with E-state index in [4.69, 9.17) is 5.11 Å². The molecule has 0 bridgehead atoms. The number of nitrogens with zero attached hydrogens (tertiary/aromatic N) is 1. The lowest BCUT2D eigenvalue weighted by Gasteiger charge is -2.30. The summed E-state index contributed by atoms with van der Waals surface area (Å²) in [4.78, 5) is 0.264. The van der Waals surface area contributed by atoms with Crippen LogP contribution in [0.2, 0.25) is 0 Å². The summed E-state index contributed by atoms with van der Waals surface area (Å²) in [6, 6.07) is 6.68. The van der Waals surface area contributed by atoms with E-state index in [0.717, 1.165) is 25.7 Å². The van der Waals surface area contributed by atoms with E-state index in [1.165, 1.54) is 10.7 Å². The van der Waals surface area contributed by atoms with Crippen LogP contribution in [0.4, 0.5) is 0 Å². The number of sulfonamides is 1. The molecule has 1 aliphatic rings. The van der Waals surface area contributed by atoms with Crippen LogP contribution in [0, 0.1) is 11.8 Å². The van der Waals surface area contributed by atoms with Crippen molar-refractivity contribution in [2.24, 2.45) is 0 Å². The highest BCUT2D eigenvalue weighted by molar-refractivity contribution is 7.89. The predicted octanol–water partition coefficient (Wildman–Crippen LogP) is 1.98. The Bertz CT molecular complexity index is 637. The van der Waals surface area contributed by atoms with Gasteiger partial charge in [-0.2, -0.15) is 4.31 Å². The maximum atomic E-state index is 12.7. The van der Waals surface area contributed by atoms with Crippen molar-refractivity contribution < 1.29 is 13.5 Å². The van der Waals surface area contributed by atoms with E-state index in [2.05, 4.69) is 11.8 Å². The van der Waals surface area contributed by atoms with Gasteiger partial charge in [0, 0.05) is 18.7 Å². The molecule has 21 heavy (non-hydrogen) atoms. The summed E-state index contributed by atoms with van der Waals surface area (Å²) in [7, 11) is -1.82. The van der Waals surface area contributed by atoms with Gasteiger partial charge in [-0.05, 0) is 31.0 Å². The molecule has 0 unspecified atom stereocenters. The van der Waals surface area contributed by atoms with Gasteiger partial charge >= 0.3 is 0 Å². The summed E-state index contributed by atoms with van der Waals surface area (Å²) < 4.78 is 26.9. The van der Waals surface area contributed by atoms with Crippen LogP contribution < -0.4 is 0 Å². The van der Waals surface area contributed by atoms with E-state index < -0.39 is 10.0 Å². The largest absolute Gasteiger partial charge is 0.384 e. The Morgan fingerprint density at radius 2 is 2.00 bits per heavy atom. The molecule has 0 saturated heterocycles. The summed E-state index contributed by atoms with van der Waals surface area (Å²) in [6.45, 7) is -0.237. The first-order chi connectivity index (χ1) is 10.1. The first-order valence-corrected chi connectivity index (χ1v) is 8.67. The van der Waals surface area contributed by atoms with Gasteiger partial charge in [-0.25, -0.2) is 8.42 Å². The average Bonchev–Trinajstić information content (AvgIpc) is 2.53. The molecule has 0 aromatic heterocycles. The molecular weight excluding hydrogens is 286 g/mol. The number of aliphatic hydroxyl groups excluding tert-OH is 1. The van der Waals surface area contributed by atoms with Gasteiger partial charge in [0.25, 0.3) is 0 Å². The van der Waals surface area contributed by atoms with Crippen molar-refractivity contribution in [2.45, 2.75) is 43.0 Å². The van der Waals surface area contributed by atoms with Gasteiger partial charge in [0.1, 0.15) is 6.61 Å². The maximum Gasteiger partial charge on any atom is 0.243 e. The quantitative estimate of drug-likeness (QED) is 0.869. The standard InChI is InChI=1S/C16H21NO3S/c1-17(15-9-3-2-4-10-15)21(19,20)16-11-5-7-14(13-16)8-6-12-18/h5,7,11,13,15,18H,2-4,9-10,12H2,1H3. The Balaban J connectivity index is 2.26. The van der Waals surface area contributed by atoms with Crippen LogP contribution in [0.25, 0.3) is 0 Å². The zero-order chi connectivity index (χ0) is 15.3. The normalized spacial score (nSPS) is 16.5. The van der Waals surface area contributed by atoms with Gasteiger partial charge < -0.3 is 5.11 Å². The van der Waals surface area contributed by atoms with Crippen molar-refractivity contribution in [1.29, 1.82) is 0 Å². The maximum absolute atomic E-state index is 12.7. The minimum Gasteiger partial charge on any atom is -0.384 e. The molecule has 1 N–H and O–H groups in total. The van der Waals surface area contributed by atoms with Crippen molar-refractivity contribution in [3.8, 4) is 11.8 Å². The van der Waals surface area contributed by atoms with Crippen molar-refractivity contribution >= 4 is 10.0 Å². The predicted molar refractivity (Wildman–Crippen MR) is 82.2 cm³/mol. The van der Waals surface area contributed by atoms with E-state index in [0.29, 0.717) is 5.56 Å². The molecule has 0 heterocycles. The van der Waals surface area contributed by atoms with E-state index in [1.54, 1.807) is 31.3 Å². The second-order valence-corrected chi connectivity index (χ2v) is 7.30. The smallest absolute Gasteiger partial charge is 0.243 e. The van der Waals surface area contributed by atoms with Crippen molar-refractivity contribution in [3.63, 3.8) is 0 Å². The summed E-state index contributed by atoms with van der Waals surface area (Å²) in [5.41, 5.74) is 0.599. The number of aliphatic hydroxyl groups is 1. The molecule has 1 aromatic carbocycles. The molecule has 0 atom stereocenters. The highest BCUT2D eigenvalue weighted by Gasteiger charge is 2.28. The minimum absolute atomic E-state index is 0.0935. The summed E-state index contributed by atoms with van der Waals surface area (Å²) in [6.07, 6.45) is 5.23.